The molecular weight excluding hydrogens is 224 g/mol. The quantitative estimate of drug-likeness (QED) is 0.894. The van der Waals surface area contributed by atoms with Crippen molar-refractivity contribution in [3.05, 3.63) is 35.6 Å². The van der Waals surface area contributed by atoms with Gasteiger partial charge in [0.1, 0.15) is 11.3 Å². The van der Waals surface area contributed by atoms with Gasteiger partial charge in [-0.15, -0.1) is 0 Å². The molecule has 0 radical (unpaired) electrons. The van der Waals surface area contributed by atoms with Crippen LogP contribution in [0, 0.1) is 23.7 Å². The number of hydrogen-bond acceptors (Lipinski definition) is 3. The minimum atomic E-state index is -0.340. The second-order valence-electron chi connectivity index (χ2n) is 5.23. The van der Waals surface area contributed by atoms with Crippen LogP contribution in [0.25, 0.3) is 11.0 Å². The lowest BCUT2D eigenvalue weighted by atomic mass is 9.96. The molecule has 0 atom stereocenters. The fourth-order valence-electron chi connectivity index (χ4n) is 1.98. The third-order valence-corrected chi connectivity index (χ3v) is 3.07. The van der Waals surface area contributed by atoms with E-state index in [1.165, 1.54) is 5.56 Å². The van der Waals surface area contributed by atoms with Gasteiger partial charge in [-0.05, 0) is 26.8 Å². The predicted molar refractivity (Wildman–Crippen MR) is 72.1 cm³/mol. The predicted octanol–water partition coefficient (Wildman–Crippen LogP) is 3.38. The maximum atomic E-state index is 8.97. The van der Waals surface area contributed by atoms with Crippen LogP contribution in [-0.4, -0.2) is 6.54 Å². The molecule has 0 saturated carbocycles. The van der Waals surface area contributed by atoms with Gasteiger partial charge in [-0.3, -0.25) is 0 Å². The summed E-state index contributed by atoms with van der Waals surface area (Å²) in [6.07, 6.45) is 0. The van der Waals surface area contributed by atoms with Gasteiger partial charge in [-0.1, -0.05) is 18.2 Å². The first kappa shape index (κ1) is 12.7. The summed E-state index contributed by atoms with van der Waals surface area (Å²) in [5.74, 6) is 0.943. The molecule has 1 aromatic heterocycles. The molecule has 0 aliphatic carbocycles. The van der Waals surface area contributed by atoms with Crippen LogP contribution in [0.3, 0.4) is 0 Å². The van der Waals surface area contributed by atoms with Crippen LogP contribution in [0.2, 0.25) is 0 Å². The lowest BCUT2D eigenvalue weighted by Crippen LogP contribution is -2.27. The molecule has 94 valence electrons. The van der Waals surface area contributed by atoms with E-state index in [-0.39, 0.29) is 5.41 Å². The smallest absolute Gasteiger partial charge is 0.134 e. The zero-order valence-electron chi connectivity index (χ0n) is 11.1. The number of fused-ring (bicyclic) bond motifs is 1. The molecule has 18 heavy (non-hydrogen) atoms. The Morgan fingerprint density at radius 1 is 1.33 bits per heavy atom. The maximum Gasteiger partial charge on any atom is 0.134 e. The van der Waals surface area contributed by atoms with Crippen molar-refractivity contribution in [3.8, 4) is 6.07 Å². The van der Waals surface area contributed by atoms with Crippen LogP contribution in [0.4, 0.5) is 0 Å². The number of rotatable bonds is 4. The van der Waals surface area contributed by atoms with Crippen molar-refractivity contribution >= 4 is 11.0 Å². The molecule has 0 amide bonds. The second-order valence-corrected chi connectivity index (χ2v) is 5.23. The number of aryl methyl sites for hydroxylation is 1. The Morgan fingerprint density at radius 2 is 2.06 bits per heavy atom. The Labute approximate surface area is 107 Å². The molecule has 0 saturated heterocycles. The molecule has 2 rings (SSSR count). The Bertz CT molecular complexity index is 590. The first-order valence-electron chi connectivity index (χ1n) is 6.12. The number of nitriles is 1. The van der Waals surface area contributed by atoms with E-state index in [9.17, 15) is 0 Å². The Balaban J connectivity index is 2.13. The van der Waals surface area contributed by atoms with Gasteiger partial charge in [0, 0.05) is 24.0 Å². The number of nitrogens with one attached hydrogen (secondary N) is 1. The fourth-order valence-corrected chi connectivity index (χ4v) is 1.98. The van der Waals surface area contributed by atoms with E-state index in [2.05, 4.69) is 17.5 Å². The average Bonchev–Trinajstić information content (AvgIpc) is 2.66. The zero-order valence-corrected chi connectivity index (χ0v) is 11.1. The van der Waals surface area contributed by atoms with Gasteiger partial charge in [-0.25, -0.2) is 0 Å². The van der Waals surface area contributed by atoms with E-state index in [1.807, 2.05) is 39.0 Å². The van der Waals surface area contributed by atoms with E-state index < -0.39 is 0 Å². The van der Waals surface area contributed by atoms with E-state index in [1.54, 1.807) is 0 Å². The highest BCUT2D eigenvalue weighted by molar-refractivity contribution is 5.82. The molecule has 1 N–H and O–H groups in total. The molecular formula is C15H18N2O. The van der Waals surface area contributed by atoms with E-state index >= 15 is 0 Å². The standard InChI is InChI=1S/C15H18N2O/c1-11-13(8-17-10-15(2,3)9-16)12-6-4-5-7-14(12)18-11/h4-7,17H,8,10H2,1-3H3. The molecule has 0 spiro atoms. The summed E-state index contributed by atoms with van der Waals surface area (Å²) >= 11 is 0. The van der Waals surface area contributed by atoms with E-state index in [0.717, 1.165) is 23.3 Å². The van der Waals surface area contributed by atoms with Crippen molar-refractivity contribution in [2.75, 3.05) is 6.54 Å². The first-order valence-corrected chi connectivity index (χ1v) is 6.12. The van der Waals surface area contributed by atoms with Crippen molar-refractivity contribution < 1.29 is 4.42 Å². The van der Waals surface area contributed by atoms with Gasteiger partial charge in [0.25, 0.3) is 0 Å². The summed E-state index contributed by atoms with van der Waals surface area (Å²) in [7, 11) is 0. The van der Waals surface area contributed by atoms with Crippen molar-refractivity contribution in [2.24, 2.45) is 5.41 Å². The van der Waals surface area contributed by atoms with Crippen LogP contribution in [-0.2, 0) is 6.54 Å². The third-order valence-electron chi connectivity index (χ3n) is 3.07. The lowest BCUT2D eigenvalue weighted by Gasteiger charge is -2.15. The molecule has 2 aromatic rings. The van der Waals surface area contributed by atoms with E-state index in [0.29, 0.717) is 6.54 Å². The molecule has 3 nitrogen and oxygen atoms in total. The van der Waals surface area contributed by atoms with Crippen LogP contribution >= 0.6 is 0 Å². The van der Waals surface area contributed by atoms with Crippen LogP contribution in [0.15, 0.2) is 28.7 Å². The minimum Gasteiger partial charge on any atom is -0.461 e. The fraction of sp³-hybridized carbons (Fsp3) is 0.400. The molecule has 0 aliphatic rings. The molecule has 0 unspecified atom stereocenters. The van der Waals surface area contributed by atoms with Crippen LogP contribution < -0.4 is 5.32 Å². The van der Waals surface area contributed by atoms with Gasteiger partial charge in [-0.2, -0.15) is 5.26 Å². The van der Waals surface area contributed by atoms with Crippen molar-refractivity contribution in [2.45, 2.75) is 27.3 Å². The highest BCUT2D eigenvalue weighted by Gasteiger charge is 2.17. The highest BCUT2D eigenvalue weighted by Crippen LogP contribution is 2.25. The molecule has 1 heterocycles. The average molecular weight is 242 g/mol. The van der Waals surface area contributed by atoms with Gasteiger partial charge in [0.2, 0.25) is 0 Å². The molecule has 0 fully saturated rings. The monoisotopic (exact) mass is 242 g/mol. The van der Waals surface area contributed by atoms with Crippen molar-refractivity contribution in [3.63, 3.8) is 0 Å². The zero-order chi connectivity index (χ0) is 13.2. The summed E-state index contributed by atoms with van der Waals surface area (Å²) in [5, 5.41) is 13.4. The maximum absolute atomic E-state index is 8.97. The molecule has 1 aromatic carbocycles. The first-order chi connectivity index (χ1) is 8.53. The van der Waals surface area contributed by atoms with Gasteiger partial charge in [0.05, 0.1) is 11.5 Å². The summed E-state index contributed by atoms with van der Waals surface area (Å²) < 4.78 is 5.70. The van der Waals surface area contributed by atoms with E-state index in [4.69, 9.17) is 9.68 Å². The number of para-hydroxylation sites is 1. The summed E-state index contributed by atoms with van der Waals surface area (Å²) in [5.41, 5.74) is 1.76. The number of hydrogen-bond donors (Lipinski definition) is 1. The number of furan rings is 1. The number of benzene rings is 1. The third kappa shape index (κ3) is 2.55. The van der Waals surface area contributed by atoms with Crippen molar-refractivity contribution in [1.82, 2.24) is 5.32 Å². The Hall–Kier alpha value is -1.79. The Kier molecular flexibility index (Phi) is 3.40. The van der Waals surface area contributed by atoms with Crippen LogP contribution in [0.1, 0.15) is 25.2 Å². The van der Waals surface area contributed by atoms with Gasteiger partial charge in [0.15, 0.2) is 0 Å². The molecule has 0 aliphatic heterocycles. The largest absolute Gasteiger partial charge is 0.461 e. The summed E-state index contributed by atoms with van der Waals surface area (Å²) in [4.78, 5) is 0. The normalized spacial score (nSPS) is 11.7. The summed E-state index contributed by atoms with van der Waals surface area (Å²) in [6, 6.07) is 10.3. The number of nitrogens with zero attached hydrogens (tertiary/aromatic N) is 1. The van der Waals surface area contributed by atoms with Gasteiger partial charge < -0.3 is 9.73 Å². The summed E-state index contributed by atoms with van der Waals surface area (Å²) in [6.45, 7) is 7.24. The van der Waals surface area contributed by atoms with Gasteiger partial charge >= 0.3 is 0 Å². The lowest BCUT2D eigenvalue weighted by molar-refractivity contribution is 0.443. The SMILES string of the molecule is Cc1oc2ccccc2c1CNCC(C)(C)C#N. The minimum absolute atomic E-state index is 0.340. The topological polar surface area (TPSA) is 49.0 Å². The molecule has 3 heteroatoms. The highest BCUT2D eigenvalue weighted by atomic mass is 16.3. The van der Waals surface area contributed by atoms with Crippen molar-refractivity contribution in [1.29, 1.82) is 5.26 Å². The Morgan fingerprint density at radius 3 is 2.78 bits per heavy atom. The second kappa shape index (κ2) is 4.83. The molecule has 0 bridgehead atoms. The van der Waals surface area contributed by atoms with Crippen LogP contribution in [0.5, 0.6) is 0 Å².